The van der Waals surface area contributed by atoms with Crippen molar-refractivity contribution in [2.75, 3.05) is 7.11 Å². The Kier molecular flexibility index (Phi) is 5.33. The lowest BCUT2D eigenvalue weighted by atomic mass is 10.0. The molecule has 0 amide bonds. The number of ether oxygens (including phenoxy) is 3. The predicted octanol–water partition coefficient (Wildman–Crippen LogP) is 4.94. The smallest absolute Gasteiger partial charge is 0.465 e. The van der Waals surface area contributed by atoms with Crippen LogP contribution in [0.4, 0.5) is 26.3 Å². The number of hydrogen-bond donors (Lipinski definition) is 0. The molecule has 0 saturated carbocycles. The summed E-state index contributed by atoms with van der Waals surface area (Å²) in [5.74, 6) is -2.29. The van der Waals surface area contributed by atoms with E-state index in [1.54, 1.807) is 0 Å². The van der Waals surface area contributed by atoms with Crippen molar-refractivity contribution in [3.8, 4) is 22.6 Å². The lowest BCUT2D eigenvalue weighted by molar-refractivity contribution is -0.275. The molecule has 2 rings (SSSR count). The van der Waals surface area contributed by atoms with E-state index in [1.807, 2.05) is 0 Å². The highest BCUT2D eigenvalue weighted by molar-refractivity contribution is 5.94. The van der Waals surface area contributed by atoms with Gasteiger partial charge in [0.2, 0.25) is 0 Å². The van der Waals surface area contributed by atoms with Crippen molar-refractivity contribution in [1.29, 1.82) is 0 Å². The standard InChI is InChI=1S/C16H10F6O4/c1-24-14(23)12-8-10(4-7-13(12)26-16(20,21)22)9-2-5-11(6-3-9)25-15(17,18)19/h2-8H,1H3. The molecule has 0 aliphatic carbocycles. The highest BCUT2D eigenvalue weighted by atomic mass is 19.4. The molecule has 0 atom stereocenters. The van der Waals surface area contributed by atoms with Crippen LogP contribution in [-0.2, 0) is 4.74 Å². The van der Waals surface area contributed by atoms with Gasteiger partial charge in [-0.25, -0.2) is 4.79 Å². The van der Waals surface area contributed by atoms with E-state index in [-0.39, 0.29) is 5.56 Å². The molecule has 0 aliphatic rings. The normalized spacial score (nSPS) is 11.8. The van der Waals surface area contributed by atoms with Gasteiger partial charge in [-0.15, -0.1) is 26.3 Å². The van der Waals surface area contributed by atoms with E-state index in [2.05, 4.69) is 14.2 Å². The Labute approximate surface area is 142 Å². The Morgan fingerprint density at radius 3 is 1.85 bits per heavy atom. The molecule has 26 heavy (non-hydrogen) atoms. The summed E-state index contributed by atoms with van der Waals surface area (Å²) in [5.41, 5.74) is 0.111. The quantitative estimate of drug-likeness (QED) is 0.557. The van der Waals surface area contributed by atoms with Crippen LogP contribution in [0.15, 0.2) is 42.5 Å². The summed E-state index contributed by atoms with van der Waals surface area (Å²) in [7, 11) is 0.982. The summed E-state index contributed by atoms with van der Waals surface area (Å²) in [6, 6.07) is 7.76. The molecule has 0 fully saturated rings. The van der Waals surface area contributed by atoms with Gasteiger partial charge in [0.1, 0.15) is 17.1 Å². The molecule has 140 valence electrons. The summed E-state index contributed by atoms with van der Waals surface area (Å²) in [5, 5.41) is 0. The van der Waals surface area contributed by atoms with E-state index in [1.165, 1.54) is 18.2 Å². The highest BCUT2D eigenvalue weighted by Gasteiger charge is 2.33. The Morgan fingerprint density at radius 2 is 1.35 bits per heavy atom. The minimum Gasteiger partial charge on any atom is -0.465 e. The number of hydrogen-bond acceptors (Lipinski definition) is 4. The molecule has 0 bridgehead atoms. The van der Waals surface area contributed by atoms with Crippen molar-refractivity contribution in [2.45, 2.75) is 12.7 Å². The van der Waals surface area contributed by atoms with E-state index in [0.29, 0.717) is 5.56 Å². The number of esters is 1. The minimum absolute atomic E-state index is 0.262. The Balaban J connectivity index is 2.36. The number of halogens is 6. The van der Waals surface area contributed by atoms with Crippen LogP contribution in [0.1, 0.15) is 10.4 Å². The summed E-state index contributed by atoms with van der Waals surface area (Å²) < 4.78 is 85.6. The molecule has 0 heterocycles. The first-order valence-corrected chi connectivity index (χ1v) is 6.83. The van der Waals surface area contributed by atoms with Crippen LogP contribution in [-0.4, -0.2) is 25.8 Å². The topological polar surface area (TPSA) is 44.8 Å². The summed E-state index contributed by atoms with van der Waals surface area (Å²) in [6.45, 7) is 0. The number of carbonyl (C=O) groups excluding carboxylic acids is 1. The van der Waals surface area contributed by atoms with Crippen LogP contribution in [0.5, 0.6) is 11.5 Å². The van der Waals surface area contributed by atoms with E-state index < -0.39 is 35.8 Å². The van der Waals surface area contributed by atoms with Crippen LogP contribution in [0, 0.1) is 0 Å². The summed E-state index contributed by atoms with van der Waals surface area (Å²) in [4.78, 5) is 11.7. The number of carbonyl (C=O) groups is 1. The molecule has 0 aliphatic heterocycles. The predicted molar refractivity (Wildman–Crippen MR) is 76.6 cm³/mol. The molecular weight excluding hydrogens is 370 g/mol. The van der Waals surface area contributed by atoms with Crippen LogP contribution in [0.25, 0.3) is 11.1 Å². The Hall–Kier alpha value is -2.91. The average Bonchev–Trinajstić information content (AvgIpc) is 2.52. The first-order valence-electron chi connectivity index (χ1n) is 6.83. The van der Waals surface area contributed by atoms with Gasteiger partial charge in [0, 0.05) is 0 Å². The second-order valence-electron chi connectivity index (χ2n) is 4.82. The monoisotopic (exact) mass is 380 g/mol. The number of benzene rings is 2. The van der Waals surface area contributed by atoms with Crippen LogP contribution in [0.3, 0.4) is 0 Å². The fourth-order valence-electron chi connectivity index (χ4n) is 2.04. The van der Waals surface area contributed by atoms with Crippen molar-refractivity contribution < 1.29 is 45.3 Å². The van der Waals surface area contributed by atoms with Gasteiger partial charge in [-0.3, -0.25) is 0 Å². The second kappa shape index (κ2) is 7.14. The number of rotatable bonds is 4. The zero-order valence-electron chi connectivity index (χ0n) is 12.9. The maximum absolute atomic E-state index is 12.4. The first-order chi connectivity index (χ1) is 12.0. The zero-order chi connectivity index (χ0) is 19.5. The maximum Gasteiger partial charge on any atom is 0.573 e. The zero-order valence-corrected chi connectivity index (χ0v) is 12.9. The third kappa shape index (κ3) is 5.30. The van der Waals surface area contributed by atoms with Crippen molar-refractivity contribution in [1.82, 2.24) is 0 Å². The largest absolute Gasteiger partial charge is 0.573 e. The fraction of sp³-hybridized carbons (Fsp3) is 0.188. The lowest BCUT2D eigenvalue weighted by Gasteiger charge is -2.14. The van der Waals surface area contributed by atoms with Crippen LogP contribution < -0.4 is 9.47 Å². The van der Waals surface area contributed by atoms with Gasteiger partial charge >= 0.3 is 18.7 Å². The van der Waals surface area contributed by atoms with Gasteiger partial charge in [-0.05, 0) is 35.4 Å². The average molecular weight is 380 g/mol. The van der Waals surface area contributed by atoms with Crippen LogP contribution in [0.2, 0.25) is 0 Å². The maximum atomic E-state index is 12.4. The number of alkyl halides is 6. The fourth-order valence-corrected chi connectivity index (χ4v) is 2.04. The molecule has 0 spiro atoms. The van der Waals surface area contributed by atoms with Gasteiger partial charge < -0.3 is 14.2 Å². The summed E-state index contributed by atoms with van der Waals surface area (Å²) >= 11 is 0. The molecule has 0 radical (unpaired) electrons. The molecule has 4 nitrogen and oxygen atoms in total. The van der Waals surface area contributed by atoms with Crippen molar-refractivity contribution >= 4 is 5.97 Å². The van der Waals surface area contributed by atoms with E-state index in [9.17, 15) is 31.1 Å². The molecule has 2 aromatic rings. The van der Waals surface area contributed by atoms with Gasteiger partial charge in [0.25, 0.3) is 0 Å². The molecule has 0 unspecified atom stereocenters. The Bertz CT molecular complexity index is 781. The van der Waals surface area contributed by atoms with Gasteiger partial charge in [0.15, 0.2) is 0 Å². The van der Waals surface area contributed by atoms with Gasteiger partial charge in [-0.1, -0.05) is 18.2 Å². The van der Waals surface area contributed by atoms with E-state index >= 15 is 0 Å². The molecule has 0 saturated heterocycles. The first kappa shape index (κ1) is 19.4. The minimum atomic E-state index is -5.01. The van der Waals surface area contributed by atoms with Gasteiger partial charge in [-0.2, -0.15) is 0 Å². The van der Waals surface area contributed by atoms with E-state index in [0.717, 1.165) is 31.4 Å². The number of methoxy groups -OCH3 is 1. The third-order valence-corrected chi connectivity index (χ3v) is 3.03. The van der Waals surface area contributed by atoms with Crippen molar-refractivity contribution in [3.05, 3.63) is 48.0 Å². The van der Waals surface area contributed by atoms with Crippen molar-refractivity contribution in [3.63, 3.8) is 0 Å². The molecule has 10 heteroatoms. The SMILES string of the molecule is COC(=O)c1cc(-c2ccc(OC(F)(F)F)cc2)ccc1OC(F)(F)F. The molecule has 0 N–H and O–H groups in total. The lowest BCUT2D eigenvalue weighted by Crippen LogP contribution is -2.19. The molecular formula is C16H10F6O4. The van der Waals surface area contributed by atoms with E-state index in [4.69, 9.17) is 0 Å². The summed E-state index contributed by atoms with van der Waals surface area (Å²) in [6.07, 6.45) is -9.86. The van der Waals surface area contributed by atoms with Crippen LogP contribution >= 0.6 is 0 Å². The highest BCUT2D eigenvalue weighted by Crippen LogP contribution is 2.32. The third-order valence-electron chi connectivity index (χ3n) is 3.03. The molecule has 0 aromatic heterocycles. The second-order valence-corrected chi connectivity index (χ2v) is 4.82. The Morgan fingerprint density at radius 1 is 0.808 bits per heavy atom. The van der Waals surface area contributed by atoms with Gasteiger partial charge in [0.05, 0.1) is 7.11 Å². The molecule has 2 aromatic carbocycles. The van der Waals surface area contributed by atoms with Crippen molar-refractivity contribution in [2.24, 2.45) is 0 Å².